The van der Waals surface area contributed by atoms with Gasteiger partial charge < -0.3 is 14.8 Å². The first-order chi connectivity index (χ1) is 9.80. The molecule has 7 nitrogen and oxygen atoms in total. The number of carbonyl (C=O) groups excluding carboxylic acids is 1. The molecule has 1 aromatic heterocycles. The van der Waals surface area contributed by atoms with Crippen molar-refractivity contribution in [1.82, 2.24) is 19.8 Å². The van der Waals surface area contributed by atoms with Crippen molar-refractivity contribution in [2.24, 2.45) is 13.0 Å². The molecule has 118 valence electrons. The molecule has 0 aromatic carbocycles. The lowest BCUT2D eigenvalue weighted by molar-refractivity contribution is 0.193. The van der Waals surface area contributed by atoms with Gasteiger partial charge in [-0.2, -0.15) is 0 Å². The second kappa shape index (κ2) is 6.05. The number of hydrogen-bond donors (Lipinski definition) is 1. The van der Waals surface area contributed by atoms with Crippen LogP contribution in [0.25, 0.3) is 0 Å². The first kappa shape index (κ1) is 15.8. The molecule has 1 unspecified atom stereocenters. The van der Waals surface area contributed by atoms with Crippen LogP contribution in [-0.4, -0.2) is 53.5 Å². The molecule has 0 aliphatic carbocycles. The van der Waals surface area contributed by atoms with Crippen LogP contribution in [0.2, 0.25) is 0 Å². The fourth-order valence-electron chi connectivity index (χ4n) is 2.35. The number of urea groups is 1. The van der Waals surface area contributed by atoms with Crippen LogP contribution >= 0.6 is 0 Å². The molecule has 1 fully saturated rings. The number of aromatic nitrogens is 2. The summed E-state index contributed by atoms with van der Waals surface area (Å²) in [7, 11) is -1.10. The molecule has 1 N–H and O–H groups in total. The van der Waals surface area contributed by atoms with Crippen molar-refractivity contribution in [2.45, 2.75) is 19.9 Å². The number of nitrogens with zero attached hydrogens (tertiary/aromatic N) is 3. The van der Waals surface area contributed by atoms with E-state index in [4.69, 9.17) is 0 Å². The predicted octanol–water partition coefficient (Wildman–Crippen LogP) is 0.557. The molecule has 2 heterocycles. The second-order valence-electron chi connectivity index (χ2n) is 5.71. The van der Waals surface area contributed by atoms with Gasteiger partial charge in [0, 0.05) is 32.5 Å². The van der Waals surface area contributed by atoms with Crippen LogP contribution in [0.1, 0.15) is 25.7 Å². The van der Waals surface area contributed by atoms with Gasteiger partial charge in [0.2, 0.25) is 0 Å². The minimum atomic E-state index is -2.98. The normalized spacial score (nSPS) is 19.5. The zero-order valence-electron chi connectivity index (χ0n) is 12.6. The smallest absolute Gasteiger partial charge is 0.318 e. The fourth-order valence-corrected chi connectivity index (χ4v) is 3.55. The minimum Gasteiger partial charge on any atom is -0.336 e. The Kier molecular flexibility index (Phi) is 4.55. The predicted molar refractivity (Wildman–Crippen MR) is 79.5 cm³/mol. The van der Waals surface area contributed by atoms with Crippen LogP contribution in [0.5, 0.6) is 0 Å². The first-order valence-corrected chi connectivity index (χ1v) is 8.85. The standard InChI is InChI=1S/C13H22N4O3S/c1-10(2)11(12-14-4-5-16(12)3)15-13(18)17-6-8-21(19,20)9-7-17/h4-5,10-11H,6-9H2,1-3H3,(H,15,18). The third-order valence-corrected chi connectivity index (χ3v) is 5.32. The van der Waals surface area contributed by atoms with Crippen LogP contribution in [0.3, 0.4) is 0 Å². The van der Waals surface area contributed by atoms with Crippen LogP contribution < -0.4 is 5.32 Å². The van der Waals surface area contributed by atoms with E-state index in [1.807, 2.05) is 31.7 Å². The van der Waals surface area contributed by atoms with Gasteiger partial charge in [0.05, 0.1) is 17.5 Å². The average Bonchev–Trinajstić information content (AvgIpc) is 2.81. The molecule has 0 saturated carbocycles. The summed E-state index contributed by atoms with van der Waals surface area (Å²) in [5.41, 5.74) is 0. The highest BCUT2D eigenvalue weighted by Crippen LogP contribution is 2.20. The van der Waals surface area contributed by atoms with Crippen LogP contribution in [0, 0.1) is 5.92 Å². The molecule has 1 aliphatic heterocycles. The molecule has 1 aromatic rings. The Balaban J connectivity index is 2.05. The highest BCUT2D eigenvalue weighted by atomic mass is 32.2. The molecule has 21 heavy (non-hydrogen) atoms. The lowest BCUT2D eigenvalue weighted by Gasteiger charge is -2.30. The van der Waals surface area contributed by atoms with Gasteiger partial charge in [0.1, 0.15) is 5.82 Å². The van der Waals surface area contributed by atoms with Crippen LogP contribution in [-0.2, 0) is 16.9 Å². The van der Waals surface area contributed by atoms with E-state index in [2.05, 4.69) is 10.3 Å². The summed E-state index contributed by atoms with van der Waals surface area (Å²) in [6, 6.07) is -0.428. The summed E-state index contributed by atoms with van der Waals surface area (Å²) < 4.78 is 24.7. The second-order valence-corrected chi connectivity index (χ2v) is 8.01. The summed E-state index contributed by atoms with van der Waals surface area (Å²) in [5.74, 6) is 1.05. The number of imidazole rings is 1. The Bertz CT molecular complexity index is 595. The Morgan fingerprint density at radius 3 is 2.43 bits per heavy atom. The lowest BCUT2D eigenvalue weighted by Crippen LogP contribution is -2.49. The molecule has 8 heteroatoms. The Morgan fingerprint density at radius 2 is 1.95 bits per heavy atom. The Labute approximate surface area is 125 Å². The molecule has 1 saturated heterocycles. The molecule has 0 bridgehead atoms. The quantitative estimate of drug-likeness (QED) is 0.883. The van der Waals surface area contributed by atoms with E-state index in [0.29, 0.717) is 0 Å². The van der Waals surface area contributed by atoms with Gasteiger partial charge in [0.25, 0.3) is 0 Å². The van der Waals surface area contributed by atoms with E-state index in [-0.39, 0.29) is 42.6 Å². The van der Waals surface area contributed by atoms with E-state index in [9.17, 15) is 13.2 Å². The maximum absolute atomic E-state index is 12.3. The summed E-state index contributed by atoms with van der Waals surface area (Å²) in [5, 5.41) is 2.97. The van der Waals surface area contributed by atoms with Crippen molar-refractivity contribution in [2.75, 3.05) is 24.6 Å². The monoisotopic (exact) mass is 314 g/mol. The van der Waals surface area contributed by atoms with Crippen molar-refractivity contribution >= 4 is 15.9 Å². The first-order valence-electron chi connectivity index (χ1n) is 7.03. The number of carbonyl (C=O) groups is 1. The van der Waals surface area contributed by atoms with Gasteiger partial charge in [0.15, 0.2) is 9.84 Å². The van der Waals surface area contributed by atoms with Gasteiger partial charge in [-0.25, -0.2) is 18.2 Å². The average molecular weight is 314 g/mol. The lowest BCUT2D eigenvalue weighted by atomic mass is 10.0. The number of sulfone groups is 1. The number of amides is 2. The molecule has 1 aliphatic rings. The minimum absolute atomic E-state index is 0.0369. The van der Waals surface area contributed by atoms with E-state index < -0.39 is 9.84 Å². The van der Waals surface area contributed by atoms with E-state index in [0.717, 1.165) is 5.82 Å². The van der Waals surface area contributed by atoms with Crippen molar-refractivity contribution in [1.29, 1.82) is 0 Å². The Hall–Kier alpha value is -1.57. The summed E-state index contributed by atoms with van der Waals surface area (Å²) in [4.78, 5) is 18.2. The molecular weight excluding hydrogens is 292 g/mol. The molecule has 0 spiro atoms. The molecular formula is C13H22N4O3S. The number of hydrogen-bond acceptors (Lipinski definition) is 4. The molecule has 0 radical (unpaired) electrons. The van der Waals surface area contributed by atoms with E-state index in [1.54, 1.807) is 11.1 Å². The largest absolute Gasteiger partial charge is 0.336 e. The summed E-state index contributed by atoms with van der Waals surface area (Å²) in [6.07, 6.45) is 3.54. The molecule has 2 rings (SSSR count). The molecule has 1 atom stereocenters. The Morgan fingerprint density at radius 1 is 1.33 bits per heavy atom. The van der Waals surface area contributed by atoms with Crippen molar-refractivity contribution in [3.8, 4) is 0 Å². The van der Waals surface area contributed by atoms with Gasteiger partial charge in [-0.1, -0.05) is 13.8 Å². The summed E-state index contributed by atoms with van der Waals surface area (Å²) in [6.45, 7) is 4.53. The van der Waals surface area contributed by atoms with Gasteiger partial charge >= 0.3 is 6.03 Å². The third-order valence-electron chi connectivity index (χ3n) is 3.71. The van der Waals surface area contributed by atoms with Crippen molar-refractivity contribution in [3.63, 3.8) is 0 Å². The zero-order valence-corrected chi connectivity index (χ0v) is 13.4. The number of nitrogens with one attached hydrogen (secondary N) is 1. The number of aryl methyl sites for hydroxylation is 1. The van der Waals surface area contributed by atoms with E-state index >= 15 is 0 Å². The fraction of sp³-hybridized carbons (Fsp3) is 0.692. The van der Waals surface area contributed by atoms with Gasteiger partial charge in [-0.05, 0) is 5.92 Å². The topological polar surface area (TPSA) is 84.3 Å². The highest BCUT2D eigenvalue weighted by molar-refractivity contribution is 7.91. The van der Waals surface area contributed by atoms with E-state index in [1.165, 1.54) is 0 Å². The zero-order chi connectivity index (χ0) is 15.6. The maximum Gasteiger partial charge on any atom is 0.318 e. The SMILES string of the molecule is CC(C)C(NC(=O)N1CCS(=O)(=O)CC1)c1nccn1C. The van der Waals surface area contributed by atoms with Gasteiger partial charge in [-0.3, -0.25) is 0 Å². The van der Waals surface area contributed by atoms with Crippen molar-refractivity contribution < 1.29 is 13.2 Å². The summed E-state index contributed by atoms with van der Waals surface area (Å²) >= 11 is 0. The van der Waals surface area contributed by atoms with Gasteiger partial charge in [-0.15, -0.1) is 0 Å². The van der Waals surface area contributed by atoms with Crippen LogP contribution in [0.15, 0.2) is 12.4 Å². The molecule has 2 amide bonds. The van der Waals surface area contributed by atoms with Crippen molar-refractivity contribution in [3.05, 3.63) is 18.2 Å². The maximum atomic E-state index is 12.3. The third kappa shape index (κ3) is 3.75. The number of rotatable bonds is 3. The van der Waals surface area contributed by atoms with Crippen LogP contribution in [0.4, 0.5) is 4.79 Å². The highest BCUT2D eigenvalue weighted by Gasteiger charge is 2.28.